The number of anilines is 1. The van der Waals surface area contributed by atoms with Gasteiger partial charge in [0.05, 0.1) is 18.6 Å². The van der Waals surface area contributed by atoms with Crippen LogP contribution in [0.3, 0.4) is 0 Å². The van der Waals surface area contributed by atoms with Gasteiger partial charge in [-0.2, -0.15) is 5.10 Å². The van der Waals surface area contributed by atoms with Crippen molar-refractivity contribution in [3.05, 3.63) is 114 Å². The van der Waals surface area contributed by atoms with E-state index in [4.69, 9.17) is 9.84 Å². The zero-order chi connectivity index (χ0) is 29.6. The largest absolute Gasteiger partial charge is 0.457 e. The minimum Gasteiger partial charge on any atom is -0.457 e. The second kappa shape index (κ2) is 10.4. The highest BCUT2D eigenvalue weighted by molar-refractivity contribution is 5.58. The highest BCUT2D eigenvalue weighted by Gasteiger charge is 2.26. The van der Waals surface area contributed by atoms with E-state index >= 15 is 0 Å². The first kappa shape index (κ1) is 28.5. The summed E-state index contributed by atoms with van der Waals surface area (Å²) < 4.78 is 8.65. The molecule has 0 aliphatic carbocycles. The number of ether oxygens (including phenoxy) is 1. The maximum atomic E-state index is 6.68. The monoisotopic (exact) mass is 548 g/mol. The molecule has 5 heteroatoms. The first-order valence-electron chi connectivity index (χ1n) is 14.5. The van der Waals surface area contributed by atoms with Crippen LogP contribution in [0.1, 0.15) is 77.6 Å². The van der Waals surface area contributed by atoms with Crippen LogP contribution >= 0.6 is 0 Å². The molecule has 0 atom stereocenters. The number of aromatic nitrogens is 2. The Kier molecular flexibility index (Phi) is 7.27. The van der Waals surface area contributed by atoms with Crippen LogP contribution in [0.15, 0.2) is 91.5 Å². The first-order chi connectivity index (χ1) is 19.2. The maximum absolute atomic E-state index is 6.68. The molecule has 41 heavy (non-hydrogen) atoms. The lowest BCUT2D eigenvalue weighted by atomic mass is 9.80. The first-order valence-corrected chi connectivity index (χ1v) is 14.5. The van der Waals surface area contributed by atoms with Crippen molar-refractivity contribution in [1.82, 2.24) is 14.7 Å². The minimum absolute atomic E-state index is 0.0150. The van der Waals surface area contributed by atoms with E-state index in [0.29, 0.717) is 0 Å². The standard InChI is InChI=1S/C36H44N4O/c1-34(2,3)27-17-30(39-16-15-38(9)25-39)21-32(19-27)41-33-20-28(35(4,5)6)18-31(22-33)40-24-29(23-37-40)36(7,8)26-13-11-10-12-14-26/h10-24H,25H2,1-9H3. The minimum atomic E-state index is -0.164. The predicted octanol–water partition coefficient (Wildman–Crippen LogP) is 8.77. The van der Waals surface area contributed by atoms with Gasteiger partial charge in [0.1, 0.15) is 11.5 Å². The number of rotatable bonds is 6. The summed E-state index contributed by atoms with van der Waals surface area (Å²) in [7, 11) is 2.09. The van der Waals surface area contributed by atoms with Gasteiger partial charge in [-0.05, 0) is 51.8 Å². The van der Waals surface area contributed by atoms with Crippen LogP contribution < -0.4 is 9.64 Å². The quantitative estimate of drug-likeness (QED) is 0.241. The van der Waals surface area contributed by atoms with Crippen molar-refractivity contribution in [1.29, 1.82) is 0 Å². The molecule has 0 N–H and O–H groups in total. The van der Waals surface area contributed by atoms with Gasteiger partial charge >= 0.3 is 0 Å². The fourth-order valence-electron chi connectivity index (χ4n) is 5.09. The van der Waals surface area contributed by atoms with E-state index in [1.165, 1.54) is 22.3 Å². The normalized spacial score (nSPS) is 14.2. The zero-order valence-electron chi connectivity index (χ0n) is 26.1. The van der Waals surface area contributed by atoms with E-state index in [9.17, 15) is 0 Å². The third-order valence-corrected chi connectivity index (χ3v) is 8.02. The van der Waals surface area contributed by atoms with Crippen LogP contribution in [0.5, 0.6) is 11.5 Å². The highest BCUT2D eigenvalue weighted by atomic mass is 16.5. The Labute approximate surface area is 246 Å². The highest BCUT2D eigenvalue weighted by Crippen LogP contribution is 2.37. The summed E-state index contributed by atoms with van der Waals surface area (Å²) in [5.74, 6) is 1.64. The Hall–Kier alpha value is -3.99. The molecule has 5 rings (SSSR count). The summed E-state index contributed by atoms with van der Waals surface area (Å²) in [4.78, 5) is 4.42. The molecule has 0 fully saturated rings. The van der Waals surface area contributed by atoms with Gasteiger partial charge in [0.2, 0.25) is 0 Å². The molecule has 0 spiro atoms. The van der Waals surface area contributed by atoms with Crippen molar-refractivity contribution in [3.63, 3.8) is 0 Å². The van der Waals surface area contributed by atoms with Crippen molar-refractivity contribution < 1.29 is 4.74 Å². The van der Waals surface area contributed by atoms with E-state index in [-0.39, 0.29) is 16.2 Å². The predicted molar refractivity (Wildman–Crippen MR) is 170 cm³/mol. The molecule has 0 radical (unpaired) electrons. The average Bonchev–Trinajstić information content (AvgIpc) is 3.58. The van der Waals surface area contributed by atoms with Crippen LogP contribution in [-0.4, -0.2) is 28.4 Å². The molecular formula is C36H44N4O. The van der Waals surface area contributed by atoms with Crippen molar-refractivity contribution in [2.24, 2.45) is 0 Å². The molecule has 1 aliphatic heterocycles. The number of benzene rings is 3. The van der Waals surface area contributed by atoms with Crippen molar-refractivity contribution in [2.45, 2.75) is 71.6 Å². The van der Waals surface area contributed by atoms with Crippen molar-refractivity contribution in [3.8, 4) is 17.2 Å². The molecule has 214 valence electrons. The van der Waals surface area contributed by atoms with Gasteiger partial charge in [0, 0.05) is 54.4 Å². The average molecular weight is 549 g/mol. The number of hydrogen-bond acceptors (Lipinski definition) is 4. The zero-order valence-corrected chi connectivity index (χ0v) is 26.1. The summed E-state index contributed by atoms with van der Waals surface area (Å²) in [5, 5.41) is 4.81. The molecule has 0 bridgehead atoms. The van der Waals surface area contributed by atoms with Gasteiger partial charge in [-0.15, -0.1) is 0 Å². The summed E-state index contributed by atoms with van der Waals surface area (Å²) >= 11 is 0. The Morgan fingerprint density at radius 2 is 1.24 bits per heavy atom. The Morgan fingerprint density at radius 3 is 1.80 bits per heavy atom. The smallest absolute Gasteiger partial charge is 0.129 e. The molecule has 0 amide bonds. The van der Waals surface area contributed by atoms with Crippen LogP contribution in [0.4, 0.5) is 5.69 Å². The van der Waals surface area contributed by atoms with Crippen LogP contribution in [0.2, 0.25) is 0 Å². The molecule has 1 aliphatic rings. The second-order valence-electron chi connectivity index (χ2n) is 13.9. The molecule has 3 aromatic carbocycles. The number of hydrogen-bond donors (Lipinski definition) is 0. The van der Waals surface area contributed by atoms with Gasteiger partial charge < -0.3 is 14.5 Å². The van der Waals surface area contributed by atoms with Gasteiger partial charge in [-0.1, -0.05) is 85.7 Å². The topological polar surface area (TPSA) is 33.5 Å². The molecule has 2 heterocycles. The van der Waals surface area contributed by atoms with E-state index in [0.717, 1.165) is 29.5 Å². The van der Waals surface area contributed by atoms with E-state index in [1.807, 2.05) is 10.9 Å². The van der Waals surface area contributed by atoms with E-state index in [2.05, 4.69) is 158 Å². The maximum Gasteiger partial charge on any atom is 0.129 e. The summed E-state index contributed by atoms with van der Waals surface area (Å²) in [5.41, 5.74) is 6.73. The third kappa shape index (κ3) is 6.19. The summed E-state index contributed by atoms with van der Waals surface area (Å²) in [6.07, 6.45) is 8.35. The van der Waals surface area contributed by atoms with E-state index < -0.39 is 0 Å². The van der Waals surface area contributed by atoms with Crippen molar-refractivity contribution >= 4 is 5.69 Å². The molecule has 0 unspecified atom stereocenters. The molecule has 0 saturated heterocycles. The third-order valence-electron chi connectivity index (χ3n) is 8.02. The lowest BCUT2D eigenvalue weighted by Gasteiger charge is -2.25. The molecule has 4 aromatic rings. The Balaban J connectivity index is 1.54. The molecule has 5 nitrogen and oxygen atoms in total. The van der Waals surface area contributed by atoms with Crippen LogP contribution in [-0.2, 0) is 16.2 Å². The molecule has 0 saturated carbocycles. The van der Waals surface area contributed by atoms with Crippen LogP contribution in [0, 0.1) is 0 Å². The van der Waals surface area contributed by atoms with Crippen LogP contribution in [0.25, 0.3) is 5.69 Å². The van der Waals surface area contributed by atoms with Gasteiger partial charge in [-0.25, -0.2) is 4.68 Å². The lowest BCUT2D eigenvalue weighted by Crippen LogP contribution is -2.22. The van der Waals surface area contributed by atoms with Crippen molar-refractivity contribution in [2.75, 3.05) is 18.6 Å². The van der Waals surface area contributed by atoms with Gasteiger partial charge in [0.15, 0.2) is 0 Å². The fourth-order valence-corrected chi connectivity index (χ4v) is 5.09. The van der Waals surface area contributed by atoms with Gasteiger partial charge in [-0.3, -0.25) is 0 Å². The Morgan fingerprint density at radius 1 is 0.659 bits per heavy atom. The summed E-state index contributed by atoms with van der Waals surface area (Å²) in [6.45, 7) is 18.7. The molecular weight excluding hydrogens is 504 g/mol. The Bertz CT molecular complexity index is 1550. The van der Waals surface area contributed by atoms with Gasteiger partial charge in [0.25, 0.3) is 0 Å². The van der Waals surface area contributed by atoms with E-state index in [1.54, 1.807) is 0 Å². The lowest BCUT2D eigenvalue weighted by molar-refractivity contribution is 0.472. The SMILES string of the molecule is CN1C=CN(c2cc(Oc3cc(-n4cc(C(C)(C)c5ccccc5)cn4)cc(C(C)(C)C)c3)cc(C(C)(C)C)c2)C1. The fraction of sp³-hybridized carbons (Fsp3) is 0.361. The second-order valence-corrected chi connectivity index (χ2v) is 13.9. The summed E-state index contributed by atoms with van der Waals surface area (Å²) in [6, 6.07) is 23.7. The molecule has 1 aromatic heterocycles. The number of nitrogens with zero attached hydrogens (tertiary/aromatic N) is 4.